The molecule has 0 spiro atoms. The van der Waals surface area contributed by atoms with Gasteiger partial charge in [0.15, 0.2) is 0 Å². The zero-order valence-corrected chi connectivity index (χ0v) is 16.9. The molecule has 0 saturated heterocycles. The highest BCUT2D eigenvalue weighted by molar-refractivity contribution is 6.87. The Labute approximate surface area is 154 Å². The molecule has 1 atom stereocenters. The van der Waals surface area contributed by atoms with E-state index in [2.05, 4.69) is 50.6 Å². The molecule has 1 rings (SSSR count). The van der Waals surface area contributed by atoms with Gasteiger partial charge in [-0.15, -0.1) is 11.5 Å². The second-order valence-electron chi connectivity index (χ2n) is 7.78. The van der Waals surface area contributed by atoms with Gasteiger partial charge in [0.05, 0.1) is 6.42 Å². The van der Waals surface area contributed by atoms with Crippen LogP contribution in [0, 0.1) is 23.1 Å². The van der Waals surface area contributed by atoms with Crippen LogP contribution in [-0.2, 0) is 16.0 Å². The van der Waals surface area contributed by atoms with Crippen molar-refractivity contribution in [2.45, 2.75) is 57.8 Å². The fourth-order valence-electron chi connectivity index (χ4n) is 1.89. The first kappa shape index (κ1) is 21.8. The first-order valence-electron chi connectivity index (χ1n) is 8.37. The highest BCUT2D eigenvalue weighted by atomic mass is 28.3. The molecule has 0 heterocycles. The summed E-state index contributed by atoms with van der Waals surface area (Å²) in [5, 5.41) is 2.47. The van der Waals surface area contributed by atoms with Crippen LogP contribution >= 0.6 is 0 Å². The molecule has 3 N–H and O–H groups in total. The Morgan fingerprint density at radius 3 is 2.23 bits per heavy atom. The van der Waals surface area contributed by atoms with E-state index in [1.54, 1.807) is 0 Å². The molecule has 0 fully saturated rings. The average Bonchev–Trinajstić information content (AvgIpc) is 2.48. The fourth-order valence-corrected chi connectivity index (χ4v) is 2.81. The molecule has 26 heavy (non-hydrogen) atoms. The number of hydrogen-bond donors (Lipinski definition) is 2. The minimum absolute atomic E-state index is 0.0628. The van der Waals surface area contributed by atoms with Crippen LogP contribution in [0.25, 0.3) is 0 Å². The van der Waals surface area contributed by atoms with Crippen LogP contribution in [0.15, 0.2) is 18.2 Å². The van der Waals surface area contributed by atoms with Crippen LogP contribution in [0.1, 0.15) is 32.8 Å². The maximum absolute atomic E-state index is 13.6. The van der Waals surface area contributed by atoms with Crippen molar-refractivity contribution in [3.8, 4) is 11.5 Å². The summed E-state index contributed by atoms with van der Waals surface area (Å²) < 4.78 is 27.2. The molecule has 142 valence electrons. The third kappa shape index (κ3) is 5.95. The minimum atomic E-state index is -1.85. The molecule has 4 nitrogen and oxygen atoms in total. The summed E-state index contributed by atoms with van der Waals surface area (Å²) in [5.41, 5.74) is 8.20. The van der Waals surface area contributed by atoms with E-state index in [1.165, 1.54) is 6.07 Å². The maximum atomic E-state index is 13.6. The van der Waals surface area contributed by atoms with Crippen molar-refractivity contribution in [2.24, 2.45) is 5.73 Å². The molecule has 0 radical (unpaired) electrons. The van der Waals surface area contributed by atoms with Crippen LogP contribution in [0.3, 0.4) is 0 Å². The van der Waals surface area contributed by atoms with E-state index >= 15 is 0 Å². The monoisotopic (exact) mass is 380 g/mol. The fraction of sp³-hybridized carbons (Fsp3) is 0.474. The van der Waals surface area contributed by atoms with Gasteiger partial charge in [-0.25, -0.2) is 8.78 Å². The van der Waals surface area contributed by atoms with Gasteiger partial charge in [-0.2, -0.15) is 0 Å². The number of carbonyl (C=O) groups excluding carboxylic acids is 2. The summed E-state index contributed by atoms with van der Waals surface area (Å²) in [4.78, 5) is 23.6. The lowest BCUT2D eigenvalue weighted by atomic mass is 10.1. The highest BCUT2D eigenvalue weighted by Gasteiger charge is 2.33. The van der Waals surface area contributed by atoms with Gasteiger partial charge in [0.25, 0.3) is 0 Å². The number of nitrogens with one attached hydrogen (secondary N) is 1. The second-order valence-corrected chi connectivity index (χ2v) is 12.8. The molecular weight excluding hydrogens is 354 g/mol. The third-order valence-corrected chi connectivity index (χ3v) is 9.21. The van der Waals surface area contributed by atoms with E-state index in [0.717, 1.165) is 12.1 Å². The Bertz CT molecular complexity index is 726. The van der Waals surface area contributed by atoms with Crippen molar-refractivity contribution in [1.29, 1.82) is 0 Å². The Kier molecular flexibility index (Phi) is 7.10. The average molecular weight is 381 g/mol. The number of amides is 2. The molecule has 0 saturated carbocycles. The van der Waals surface area contributed by atoms with Crippen LogP contribution in [0.5, 0.6) is 0 Å². The van der Waals surface area contributed by atoms with Crippen molar-refractivity contribution >= 4 is 19.9 Å². The first-order chi connectivity index (χ1) is 11.8. The van der Waals surface area contributed by atoms with Crippen molar-refractivity contribution in [3.05, 3.63) is 35.4 Å². The smallest absolute Gasteiger partial charge is 0.240 e. The number of nitrogens with two attached hydrogens (primary N) is 1. The summed E-state index contributed by atoms with van der Waals surface area (Å²) >= 11 is 0. The summed E-state index contributed by atoms with van der Waals surface area (Å²) in [6.07, 6.45) is -0.453. The predicted octanol–water partition coefficient (Wildman–Crippen LogP) is 2.92. The van der Waals surface area contributed by atoms with Crippen LogP contribution in [0.4, 0.5) is 8.78 Å². The van der Waals surface area contributed by atoms with Crippen molar-refractivity contribution < 1.29 is 18.4 Å². The Morgan fingerprint density at radius 1 is 1.23 bits per heavy atom. The number of rotatable bonds is 5. The molecule has 0 aromatic heterocycles. The highest BCUT2D eigenvalue weighted by Crippen LogP contribution is 2.35. The molecule has 7 heteroatoms. The Morgan fingerprint density at radius 2 is 1.77 bits per heavy atom. The standard InChI is InChI=1S/C19H26F2N2O2Si/c1-19(2,3)26(4,5)11-7-10-16(18(22)25)23-17(24)12-13-14(20)8-6-9-15(13)21/h6,8-9,16H,10,12H2,1-5H3,(H2,22,25)(H,23,24)/t16-/m0/s1. The summed E-state index contributed by atoms with van der Waals surface area (Å²) in [5.74, 6) is -0.0965. The number of primary amides is 1. The summed E-state index contributed by atoms with van der Waals surface area (Å²) in [6, 6.07) is 2.35. The van der Waals surface area contributed by atoms with Gasteiger partial charge < -0.3 is 11.1 Å². The van der Waals surface area contributed by atoms with Crippen molar-refractivity contribution in [2.75, 3.05) is 0 Å². The molecule has 0 bridgehead atoms. The van der Waals surface area contributed by atoms with E-state index in [4.69, 9.17) is 5.73 Å². The number of hydrogen-bond acceptors (Lipinski definition) is 2. The molecule has 1 aromatic carbocycles. The largest absolute Gasteiger partial charge is 0.368 e. The van der Waals surface area contributed by atoms with Crippen LogP contribution in [0.2, 0.25) is 18.1 Å². The number of carbonyl (C=O) groups is 2. The molecular formula is C19H26F2N2O2Si. The molecule has 0 unspecified atom stereocenters. The normalized spacial score (nSPS) is 12.7. The summed E-state index contributed by atoms with van der Waals surface area (Å²) in [6.45, 7) is 10.6. The third-order valence-electron chi connectivity index (χ3n) is 4.66. The van der Waals surface area contributed by atoms with Gasteiger partial charge in [0, 0.05) is 12.0 Å². The minimum Gasteiger partial charge on any atom is -0.368 e. The van der Waals surface area contributed by atoms with E-state index in [9.17, 15) is 18.4 Å². The van der Waals surface area contributed by atoms with E-state index in [0.29, 0.717) is 0 Å². The van der Waals surface area contributed by atoms with Gasteiger partial charge in [-0.1, -0.05) is 39.9 Å². The van der Waals surface area contributed by atoms with Gasteiger partial charge in [0.1, 0.15) is 25.8 Å². The lowest BCUT2D eigenvalue weighted by molar-refractivity contribution is -0.126. The lowest BCUT2D eigenvalue weighted by Gasteiger charge is -2.31. The van der Waals surface area contributed by atoms with E-state index < -0.39 is 44.0 Å². The van der Waals surface area contributed by atoms with Gasteiger partial charge >= 0.3 is 0 Å². The molecule has 0 aliphatic carbocycles. The summed E-state index contributed by atoms with van der Waals surface area (Å²) in [7, 11) is -1.85. The van der Waals surface area contributed by atoms with Gasteiger partial charge in [0.2, 0.25) is 11.8 Å². The second kappa shape index (κ2) is 8.45. The zero-order chi connectivity index (χ0) is 20.1. The van der Waals surface area contributed by atoms with E-state index in [-0.39, 0.29) is 17.0 Å². The Hall–Kier alpha value is -2.20. The van der Waals surface area contributed by atoms with Crippen LogP contribution < -0.4 is 11.1 Å². The molecule has 0 aliphatic rings. The first-order valence-corrected chi connectivity index (χ1v) is 11.4. The zero-order valence-electron chi connectivity index (χ0n) is 15.9. The van der Waals surface area contributed by atoms with Crippen LogP contribution in [-0.4, -0.2) is 25.9 Å². The number of halogens is 2. The lowest BCUT2D eigenvalue weighted by Crippen LogP contribution is -2.45. The van der Waals surface area contributed by atoms with Gasteiger partial charge in [-0.3, -0.25) is 9.59 Å². The predicted molar refractivity (Wildman–Crippen MR) is 101 cm³/mol. The maximum Gasteiger partial charge on any atom is 0.240 e. The molecule has 0 aliphatic heterocycles. The SMILES string of the molecule is CC(C)(C)[Si](C)(C)C#CC[C@H](NC(=O)Cc1c(F)cccc1F)C(N)=O. The topological polar surface area (TPSA) is 72.2 Å². The van der Waals surface area contributed by atoms with E-state index in [1.807, 2.05) is 0 Å². The number of benzene rings is 1. The molecule has 1 aromatic rings. The van der Waals surface area contributed by atoms with Crippen molar-refractivity contribution in [1.82, 2.24) is 5.32 Å². The quantitative estimate of drug-likeness (QED) is 0.609. The van der Waals surface area contributed by atoms with Gasteiger partial charge in [-0.05, 0) is 17.2 Å². The Balaban J connectivity index is 2.81. The molecule has 2 amide bonds. The van der Waals surface area contributed by atoms with Crippen molar-refractivity contribution in [3.63, 3.8) is 0 Å².